The minimum Gasteiger partial charge on any atom is -0.309 e. The summed E-state index contributed by atoms with van der Waals surface area (Å²) in [4.78, 5) is 15.6. The molecule has 0 aliphatic rings. The largest absolute Gasteiger partial charge is 0.309 e. The molecule has 0 aliphatic carbocycles. The molecule has 0 spiro atoms. The lowest BCUT2D eigenvalue weighted by Crippen LogP contribution is -2.05. The zero-order valence-corrected chi connectivity index (χ0v) is 40.8. The third kappa shape index (κ3) is 7.14. The second kappa shape index (κ2) is 17.8. The van der Waals surface area contributed by atoms with Crippen LogP contribution >= 0.6 is 0 Å². The summed E-state index contributed by atoms with van der Waals surface area (Å²) in [5, 5.41) is 7.11. The minimum absolute atomic E-state index is 0.559. The summed E-state index contributed by atoms with van der Waals surface area (Å²) >= 11 is 0. The highest BCUT2D eigenvalue weighted by molar-refractivity contribution is 6.15. The number of benzene rings is 10. The van der Waals surface area contributed by atoms with Gasteiger partial charge in [0.25, 0.3) is 0 Å². The van der Waals surface area contributed by atoms with Gasteiger partial charge in [0.2, 0.25) is 0 Å². The first kappa shape index (κ1) is 43.6. The van der Waals surface area contributed by atoms with Gasteiger partial charge in [-0.2, -0.15) is 0 Å². The molecule has 6 nitrogen and oxygen atoms in total. The zero-order valence-electron chi connectivity index (χ0n) is 40.8. The van der Waals surface area contributed by atoms with Crippen LogP contribution in [0.1, 0.15) is 5.56 Å². The minimum atomic E-state index is 0.559. The fraction of sp³-hybridized carbons (Fsp3) is 0. The van der Waals surface area contributed by atoms with E-state index in [4.69, 9.17) is 15.0 Å². The van der Waals surface area contributed by atoms with Crippen LogP contribution in [0.3, 0.4) is 0 Å². The lowest BCUT2D eigenvalue weighted by Gasteiger charge is -2.21. The predicted molar refractivity (Wildman–Crippen MR) is 313 cm³/mol. The maximum absolute atomic E-state index is 5.25. The topological polar surface area (TPSA) is 53.5 Å². The molecule has 0 N–H and O–H groups in total. The molecule has 0 fully saturated rings. The zero-order chi connectivity index (χ0) is 50.0. The van der Waals surface area contributed by atoms with Gasteiger partial charge >= 0.3 is 0 Å². The van der Waals surface area contributed by atoms with E-state index in [2.05, 4.69) is 203 Å². The Balaban J connectivity index is 1.10. The van der Waals surface area contributed by atoms with Crippen molar-refractivity contribution in [3.63, 3.8) is 0 Å². The molecule has 14 rings (SSSR count). The SMILES string of the molecule is C=C/C=C(\C=C)c1cc(-c2nc(-c3ccccc3)nc(-c3ccccc3)n2)cc(-c2ccccc2)c1-n1c2ccc(-n3c4ccccc4c4ccccc43)cc2c2cc(-n3c4ccccc4c4ccccc43)ccc21. The molecule has 0 amide bonds. The van der Waals surface area contributed by atoms with Gasteiger partial charge in [0.05, 0.1) is 38.8 Å². The Bertz CT molecular complexity index is 4280. The second-order valence-corrected chi connectivity index (χ2v) is 18.9. The Morgan fingerprint density at radius 3 is 1.12 bits per heavy atom. The fourth-order valence-corrected chi connectivity index (χ4v) is 11.3. The highest BCUT2D eigenvalue weighted by atomic mass is 15.0. The van der Waals surface area contributed by atoms with E-state index in [1.165, 1.54) is 21.5 Å². The van der Waals surface area contributed by atoms with Crippen LogP contribution in [0.2, 0.25) is 0 Å². The van der Waals surface area contributed by atoms with Gasteiger partial charge in [-0.3, -0.25) is 0 Å². The van der Waals surface area contributed by atoms with Gasteiger partial charge in [-0.1, -0.05) is 195 Å². The van der Waals surface area contributed by atoms with Crippen molar-refractivity contribution in [2.45, 2.75) is 0 Å². The molecule has 352 valence electrons. The van der Waals surface area contributed by atoms with Crippen molar-refractivity contribution in [3.8, 4) is 62.4 Å². The molecule has 0 bridgehead atoms. The van der Waals surface area contributed by atoms with Crippen molar-refractivity contribution < 1.29 is 0 Å². The summed E-state index contributed by atoms with van der Waals surface area (Å²) < 4.78 is 7.27. The first-order valence-corrected chi connectivity index (χ1v) is 25.3. The van der Waals surface area contributed by atoms with Crippen LogP contribution in [0.5, 0.6) is 0 Å². The maximum atomic E-state index is 5.25. The van der Waals surface area contributed by atoms with Crippen LogP contribution in [-0.2, 0) is 0 Å². The third-order valence-corrected chi connectivity index (χ3v) is 14.6. The molecule has 4 heterocycles. The summed E-state index contributed by atoms with van der Waals surface area (Å²) in [6, 6.07) is 84.1. The molecule has 4 aromatic heterocycles. The molecule has 6 heteroatoms. The summed E-state index contributed by atoms with van der Waals surface area (Å²) in [6.07, 6.45) is 5.80. The predicted octanol–water partition coefficient (Wildman–Crippen LogP) is 17.6. The van der Waals surface area contributed by atoms with Gasteiger partial charge < -0.3 is 13.7 Å². The highest BCUT2D eigenvalue weighted by Gasteiger charge is 2.25. The Labute approximate surface area is 433 Å². The Morgan fingerprint density at radius 1 is 0.333 bits per heavy atom. The molecular weight excluding hydrogens is 913 g/mol. The van der Waals surface area contributed by atoms with E-state index in [1.807, 2.05) is 78.9 Å². The molecule has 14 aromatic rings. The summed E-state index contributed by atoms with van der Waals surface area (Å²) in [6.45, 7) is 8.63. The van der Waals surface area contributed by atoms with E-state index in [-0.39, 0.29) is 0 Å². The van der Waals surface area contributed by atoms with Crippen molar-refractivity contribution in [2.75, 3.05) is 0 Å². The lowest BCUT2D eigenvalue weighted by molar-refractivity contribution is 1.07. The van der Waals surface area contributed by atoms with Crippen LogP contribution < -0.4 is 0 Å². The first-order valence-electron chi connectivity index (χ1n) is 25.3. The third-order valence-electron chi connectivity index (χ3n) is 14.6. The number of hydrogen-bond donors (Lipinski definition) is 0. The van der Waals surface area contributed by atoms with E-state index < -0.39 is 0 Å². The first-order chi connectivity index (χ1) is 37.1. The Hall–Kier alpha value is -10.2. The monoisotopic (exact) mass is 958 g/mol. The summed E-state index contributed by atoms with van der Waals surface area (Å²) in [7, 11) is 0. The maximum Gasteiger partial charge on any atom is 0.164 e. The average Bonchev–Trinajstić information content (AvgIpc) is 4.12. The van der Waals surface area contributed by atoms with Crippen LogP contribution in [0, 0.1) is 0 Å². The molecule has 0 saturated heterocycles. The van der Waals surface area contributed by atoms with Crippen molar-refractivity contribution >= 4 is 71.0 Å². The van der Waals surface area contributed by atoms with Gasteiger partial charge in [0.1, 0.15) is 0 Å². The van der Waals surface area contributed by atoms with Gasteiger partial charge in [-0.15, -0.1) is 0 Å². The lowest BCUT2D eigenvalue weighted by atomic mass is 9.92. The van der Waals surface area contributed by atoms with Gasteiger partial charge in [-0.25, -0.2) is 15.0 Å². The van der Waals surface area contributed by atoms with Crippen LogP contribution in [0.25, 0.3) is 133 Å². The summed E-state index contributed by atoms with van der Waals surface area (Å²) in [5.41, 5.74) is 16.4. The van der Waals surface area contributed by atoms with Gasteiger partial charge in [0, 0.05) is 71.5 Å². The molecule has 0 aliphatic heterocycles. The van der Waals surface area contributed by atoms with Crippen LogP contribution in [0.15, 0.2) is 268 Å². The fourth-order valence-electron chi connectivity index (χ4n) is 11.3. The normalized spacial score (nSPS) is 11.9. The number of para-hydroxylation sites is 4. The van der Waals surface area contributed by atoms with Gasteiger partial charge in [0.15, 0.2) is 17.5 Å². The van der Waals surface area contributed by atoms with Crippen molar-refractivity contribution in [3.05, 3.63) is 274 Å². The van der Waals surface area contributed by atoms with E-state index >= 15 is 0 Å². The van der Waals surface area contributed by atoms with E-state index in [0.717, 1.165) is 99.9 Å². The molecule has 0 unspecified atom stereocenters. The Morgan fingerprint density at radius 2 is 0.707 bits per heavy atom. The number of nitrogens with zero attached hydrogens (tertiary/aromatic N) is 6. The van der Waals surface area contributed by atoms with Crippen molar-refractivity contribution in [1.82, 2.24) is 28.7 Å². The molecule has 0 saturated carbocycles. The van der Waals surface area contributed by atoms with Gasteiger partial charge in [-0.05, 0) is 83.9 Å². The second-order valence-electron chi connectivity index (χ2n) is 18.9. The molecule has 0 radical (unpaired) electrons. The Kier molecular flexibility index (Phi) is 10.4. The molecule has 0 atom stereocenters. The molecule has 10 aromatic carbocycles. The number of hydrogen-bond acceptors (Lipinski definition) is 3. The summed E-state index contributed by atoms with van der Waals surface area (Å²) in [5.74, 6) is 1.75. The standard InChI is InChI=1S/C69H46N6/c1-3-22-45(4-2)56-41-49(69-71-67(47-25-10-6-11-26-47)70-68(72-69)48-27-12-7-13-28-48)42-57(46-23-8-5-9-24-46)66(56)75-64-39-37-50(73-60-33-18-14-29-52(60)53-30-15-19-34-61(53)73)43-58(64)59-44-51(38-40-65(59)75)74-62-35-20-16-31-54(62)55-32-17-21-36-63(55)74/h3-44H,1-2H2/b45-22+. The van der Waals surface area contributed by atoms with E-state index in [0.29, 0.717) is 17.5 Å². The molecular formula is C69H46N6. The average molecular weight is 959 g/mol. The molecule has 75 heavy (non-hydrogen) atoms. The quantitative estimate of drug-likeness (QED) is 0.128. The smallest absolute Gasteiger partial charge is 0.164 e. The number of fused-ring (bicyclic) bond motifs is 9. The van der Waals surface area contributed by atoms with Crippen LogP contribution in [-0.4, -0.2) is 28.7 Å². The van der Waals surface area contributed by atoms with Crippen molar-refractivity contribution in [1.29, 1.82) is 0 Å². The highest BCUT2D eigenvalue weighted by Crippen LogP contribution is 2.45. The number of rotatable bonds is 10. The van der Waals surface area contributed by atoms with E-state index in [1.54, 1.807) is 0 Å². The van der Waals surface area contributed by atoms with E-state index in [9.17, 15) is 0 Å². The van der Waals surface area contributed by atoms with Crippen LogP contribution in [0.4, 0.5) is 0 Å². The number of aromatic nitrogens is 6. The van der Waals surface area contributed by atoms with Crippen molar-refractivity contribution in [2.24, 2.45) is 0 Å². The number of allylic oxidation sites excluding steroid dienone is 4.